The van der Waals surface area contributed by atoms with Gasteiger partial charge in [0.15, 0.2) is 6.10 Å². The molecule has 238 valence electrons. The summed E-state index contributed by atoms with van der Waals surface area (Å²) in [6.07, 6.45) is 18.0. The van der Waals surface area contributed by atoms with Crippen LogP contribution in [0, 0.1) is 0 Å². The number of carbonyl (C=O) groups excluding carboxylic acids is 2. The van der Waals surface area contributed by atoms with Crippen LogP contribution in [0.5, 0.6) is 0 Å². The van der Waals surface area contributed by atoms with Crippen LogP contribution in [0.3, 0.4) is 0 Å². The van der Waals surface area contributed by atoms with Gasteiger partial charge in [0, 0.05) is 12.8 Å². The number of rotatable bonds is 28. The molecule has 0 rings (SSSR count). The van der Waals surface area contributed by atoms with Crippen molar-refractivity contribution in [3.63, 3.8) is 0 Å². The van der Waals surface area contributed by atoms with Crippen molar-refractivity contribution < 1.29 is 42.1 Å². The van der Waals surface area contributed by atoms with E-state index in [0.717, 1.165) is 32.1 Å². The highest BCUT2D eigenvalue weighted by molar-refractivity contribution is 7.47. The van der Waals surface area contributed by atoms with Gasteiger partial charge in [-0.05, 0) is 12.8 Å². The van der Waals surface area contributed by atoms with Crippen molar-refractivity contribution >= 4 is 19.8 Å². The number of phosphoric ester groups is 1. The monoisotopic (exact) mass is 594 g/mol. The van der Waals surface area contributed by atoms with Gasteiger partial charge in [0.2, 0.25) is 0 Å². The van der Waals surface area contributed by atoms with Gasteiger partial charge in [-0.25, -0.2) is 4.57 Å². The van der Waals surface area contributed by atoms with Crippen LogP contribution in [0.2, 0.25) is 0 Å². The van der Waals surface area contributed by atoms with E-state index < -0.39 is 32.5 Å². The molecule has 0 aromatic carbocycles. The normalized spacial score (nSPS) is 14.1. The molecule has 0 heterocycles. The van der Waals surface area contributed by atoms with E-state index >= 15 is 0 Å². The third-order valence-corrected chi connectivity index (χ3v) is 7.62. The summed E-state index contributed by atoms with van der Waals surface area (Å²) in [6.45, 7) is 4.21. The van der Waals surface area contributed by atoms with E-state index in [2.05, 4.69) is 6.92 Å². The number of unbranched alkanes of at least 4 members (excludes halogenated alkanes) is 14. The maximum absolute atomic E-state index is 12.4. The van der Waals surface area contributed by atoms with E-state index in [4.69, 9.17) is 18.5 Å². The molecule has 0 aromatic heterocycles. The number of phosphoric acid groups is 1. The van der Waals surface area contributed by atoms with Gasteiger partial charge in [0.25, 0.3) is 0 Å². The maximum Gasteiger partial charge on any atom is 0.472 e. The zero-order valence-corrected chi connectivity index (χ0v) is 27.2. The Hall–Kier alpha value is -0.990. The van der Waals surface area contributed by atoms with E-state index in [0.29, 0.717) is 17.4 Å². The first-order valence-electron chi connectivity index (χ1n) is 15.8. The predicted molar refractivity (Wildman–Crippen MR) is 160 cm³/mol. The Bertz CT molecular complexity index is 683. The average Bonchev–Trinajstić information content (AvgIpc) is 2.87. The lowest BCUT2D eigenvalue weighted by Gasteiger charge is -2.24. The number of likely N-dealkylation sites (N-methyl/N-ethyl adjacent to an activating group) is 1. The Morgan fingerprint density at radius 2 is 1.12 bits per heavy atom. The number of carbonyl (C=O) groups is 2. The van der Waals surface area contributed by atoms with E-state index in [1.54, 1.807) is 0 Å². The molecular weight excluding hydrogens is 533 g/mol. The SMILES string of the molecule is CCCCCCCCCCCCCCCC(=O)OC(COC(=O)CCCCC)COP(=O)(O)OCC[N+](C)(C)C. The molecule has 40 heavy (non-hydrogen) atoms. The molecule has 0 saturated heterocycles. The van der Waals surface area contributed by atoms with Gasteiger partial charge < -0.3 is 18.9 Å². The van der Waals surface area contributed by atoms with Crippen LogP contribution in [0.25, 0.3) is 0 Å². The second kappa shape index (κ2) is 24.6. The molecule has 0 saturated carbocycles. The van der Waals surface area contributed by atoms with Crippen molar-refractivity contribution in [1.82, 2.24) is 0 Å². The number of quaternary nitrogens is 1. The molecule has 0 fully saturated rings. The van der Waals surface area contributed by atoms with Crippen molar-refractivity contribution in [2.75, 3.05) is 47.5 Å². The van der Waals surface area contributed by atoms with Gasteiger partial charge in [0.05, 0.1) is 27.7 Å². The van der Waals surface area contributed by atoms with Crippen molar-refractivity contribution in [3.8, 4) is 0 Å². The van der Waals surface area contributed by atoms with Crippen molar-refractivity contribution in [3.05, 3.63) is 0 Å². The van der Waals surface area contributed by atoms with Gasteiger partial charge in [-0.1, -0.05) is 104 Å². The Labute approximate surface area is 244 Å². The molecular formula is C30H61NO8P+. The predicted octanol–water partition coefficient (Wildman–Crippen LogP) is 7.34. The molecule has 0 bridgehead atoms. The minimum absolute atomic E-state index is 0.0349. The zero-order valence-electron chi connectivity index (χ0n) is 26.3. The van der Waals surface area contributed by atoms with Crippen LogP contribution in [-0.4, -0.2) is 74.9 Å². The lowest BCUT2D eigenvalue weighted by atomic mass is 10.0. The van der Waals surface area contributed by atoms with Gasteiger partial charge in [-0.15, -0.1) is 0 Å². The highest BCUT2D eigenvalue weighted by atomic mass is 31.2. The summed E-state index contributed by atoms with van der Waals surface area (Å²) >= 11 is 0. The third-order valence-electron chi connectivity index (χ3n) is 6.64. The number of hydrogen-bond donors (Lipinski definition) is 1. The van der Waals surface area contributed by atoms with Crippen LogP contribution < -0.4 is 0 Å². The van der Waals surface area contributed by atoms with E-state index in [-0.39, 0.29) is 26.1 Å². The fraction of sp³-hybridized carbons (Fsp3) is 0.933. The molecule has 0 amide bonds. The molecule has 2 unspecified atom stereocenters. The summed E-state index contributed by atoms with van der Waals surface area (Å²) in [5.41, 5.74) is 0. The summed E-state index contributed by atoms with van der Waals surface area (Å²) in [7, 11) is 1.48. The first-order valence-corrected chi connectivity index (χ1v) is 17.3. The number of nitrogens with zero attached hydrogens (tertiary/aromatic N) is 1. The van der Waals surface area contributed by atoms with Crippen molar-refractivity contribution in [2.24, 2.45) is 0 Å². The number of esters is 2. The minimum atomic E-state index is -4.34. The molecule has 2 atom stereocenters. The fourth-order valence-corrected chi connectivity index (χ4v) is 4.81. The highest BCUT2D eigenvalue weighted by Gasteiger charge is 2.27. The van der Waals surface area contributed by atoms with E-state index in [1.165, 1.54) is 64.2 Å². The van der Waals surface area contributed by atoms with E-state index in [9.17, 15) is 19.0 Å². The smallest absolute Gasteiger partial charge is 0.462 e. The second-order valence-electron chi connectivity index (χ2n) is 11.9. The molecule has 0 aromatic rings. The van der Waals surface area contributed by atoms with Crippen molar-refractivity contribution in [1.29, 1.82) is 0 Å². The molecule has 1 N–H and O–H groups in total. The molecule has 0 radical (unpaired) electrons. The third kappa shape index (κ3) is 27.2. The number of ether oxygens (including phenoxy) is 2. The largest absolute Gasteiger partial charge is 0.472 e. The van der Waals surface area contributed by atoms with Gasteiger partial charge in [-0.2, -0.15) is 0 Å². The Kier molecular flexibility index (Phi) is 24.0. The summed E-state index contributed by atoms with van der Waals surface area (Å²) in [5.74, 6) is -0.824. The topological polar surface area (TPSA) is 108 Å². The van der Waals surface area contributed by atoms with Crippen LogP contribution in [0.15, 0.2) is 0 Å². The Balaban J connectivity index is 4.34. The van der Waals surface area contributed by atoms with Crippen LogP contribution in [0.1, 0.15) is 129 Å². The molecule has 10 heteroatoms. The summed E-state index contributed by atoms with van der Waals surface area (Å²) < 4.78 is 33.6. The summed E-state index contributed by atoms with van der Waals surface area (Å²) in [5, 5.41) is 0. The lowest BCUT2D eigenvalue weighted by Crippen LogP contribution is -2.37. The second-order valence-corrected chi connectivity index (χ2v) is 13.3. The van der Waals surface area contributed by atoms with Crippen molar-refractivity contribution in [2.45, 2.75) is 136 Å². The summed E-state index contributed by atoms with van der Waals surface area (Å²) in [4.78, 5) is 34.5. The first kappa shape index (κ1) is 39.0. The molecule has 9 nitrogen and oxygen atoms in total. The van der Waals surface area contributed by atoms with Crippen LogP contribution in [0.4, 0.5) is 0 Å². The average molecular weight is 595 g/mol. The Morgan fingerprint density at radius 3 is 1.65 bits per heavy atom. The fourth-order valence-electron chi connectivity index (χ4n) is 4.07. The van der Waals surface area contributed by atoms with Gasteiger partial charge >= 0.3 is 19.8 Å². The summed E-state index contributed by atoms with van der Waals surface area (Å²) in [6, 6.07) is 0. The Morgan fingerprint density at radius 1 is 0.675 bits per heavy atom. The quantitative estimate of drug-likeness (QED) is 0.0434. The highest BCUT2D eigenvalue weighted by Crippen LogP contribution is 2.43. The van der Waals surface area contributed by atoms with Gasteiger partial charge in [0.1, 0.15) is 19.8 Å². The van der Waals surface area contributed by atoms with Crippen LogP contribution >= 0.6 is 7.82 Å². The molecule has 0 aliphatic rings. The standard InChI is InChI=1S/C30H60NO8P/c1-6-8-10-11-12-13-14-15-16-17-18-19-21-23-30(33)39-28(26-36-29(32)22-20-9-7-2)27-38-40(34,35)37-25-24-31(3,4)5/h28H,6-27H2,1-5H3/p+1. The zero-order chi connectivity index (χ0) is 30.1. The first-order chi connectivity index (χ1) is 19.0. The van der Waals surface area contributed by atoms with Crippen LogP contribution in [-0.2, 0) is 32.7 Å². The van der Waals surface area contributed by atoms with Gasteiger partial charge in [-0.3, -0.25) is 18.6 Å². The van der Waals surface area contributed by atoms with E-state index in [1.807, 2.05) is 28.1 Å². The molecule has 0 aliphatic heterocycles. The minimum Gasteiger partial charge on any atom is -0.462 e. The lowest BCUT2D eigenvalue weighted by molar-refractivity contribution is -0.870. The number of hydrogen-bond acceptors (Lipinski definition) is 7. The molecule has 0 spiro atoms. The maximum atomic E-state index is 12.4. The molecule has 0 aliphatic carbocycles.